The molecule has 3 fully saturated rings. The predicted octanol–water partition coefficient (Wildman–Crippen LogP) is -0.396. The summed E-state index contributed by atoms with van der Waals surface area (Å²) in [4.78, 5) is 14.5. The minimum Gasteiger partial charge on any atom is -0.379 e. The summed E-state index contributed by atoms with van der Waals surface area (Å²) in [6.07, 6.45) is 1.23. The molecule has 0 bridgehead atoms. The molecule has 2 atom stereocenters. The van der Waals surface area contributed by atoms with Crippen LogP contribution in [-0.2, 0) is 4.74 Å². The van der Waals surface area contributed by atoms with Crippen LogP contribution in [-0.4, -0.2) is 124 Å². The zero-order valence-corrected chi connectivity index (χ0v) is 16.3. The third-order valence-electron chi connectivity index (χ3n) is 5.95. The summed E-state index contributed by atoms with van der Waals surface area (Å²) < 4.78 is 5.48. The fourth-order valence-corrected chi connectivity index (χ4v) is 4.14. The topological polar surface area (TPSA) is 46.6 Å². The van der Waals surface area contributed by atoms with Crippen molar-refractivity contribution in [2.24, 2.45) is 4.99 Å². The monoisotopic (exact) mass is 352 g/mol. The van der Waals surface area contributed by atoms with Gasteiger partial charge < -0.3 is 19.9 Å². The highest BCUT2D eigenvalue weighted by molar-refractivity contribution is 5.80. The molecular weight excluding hydrogens is 316 g/mol. The van der Waals surface area contributed by atoms with Crippen molar-refractivity contribution in [3.8, 4) is 0 Å². The lowest BCUT2D eigenvalue weighted by molar-refractivity contribution is 0.0194. The van der Waals surface area contributed by atoms with Crippen LogP contribution in [0.1, 0.15) is 13.3 Å². The van der Waals surface area contributed by atoms with E-state index in [2.05, 4.69) is 43.9 Å². The maximum absolute atomic E-state index is 5.48. The zero-order chi connectivity index (χ0) is 17.6. The summed E-state index contributed by atoms with van der Waals surface area (Å²) in [6, 6.07) is 1.19. The molecule has 2 unspecified atom stereocenters. The van der Waals surface area contributed by atoms with E-state index >= 15 is 0 Å². The van der Waals surface area contributed by atoms with Crippen LogP contribution < -0.4 is 5.32 Å². The molecule has 25 heavy (non-hydrogen) atoms. The molecule has 3 aliphatic rings. The molecule has 1 N–H and O–H groups in total. The molecular formula is C18H36N6O. The van der Waals surface area contributed by atoms with E-state index in [4.69, 9.17) is 4.74 Å². The number of rotatable bonds is 4. The Morgan fingerprint density at radius 1 is 1.12 bits per heavy atom. The largest absolute Gasteiger partial charge is 0.379 e. The molecule has 7 nitrogen and oxygen atoms in total. The van der Waals surface area contributed by atoms with Gasteiger partial charge in [-0.3, -0.25) is 14.8 Å². The highest BCUT2D eigenvalue weighted by Crippen LogP contribution is 2.17. The maximum Gasteiger partial charge on any atom is 0.193 e. The van der Waals surface area contributed by atoms with E-state index in [0.29, 0.717) is 12.1 Å². The lowest BCUT2D eigenvalue weighted by atomic mass is 10.2. The number of nitrogens with one attached hydrogen (secondary N) is 1. The Balaban J connectivity index is 1.43. The van der Waals surface area contributed by atoms with Crippen LogP contribution in [0.2, 0.25) is 0 Å². The molecule has 0 saturated carbocycles. The second-order valence-corrected chi connectivity index (χ2v) is 7.65. The van der Waals surface area contributed by atoms with E-state index in [1.54, 1.807) is 0 Å². The average Bonchev–Trinajstić information content (AvgIpc) is 3.13. The summed E-state index contributed by atoms with van der Waals surface area (Å²) in [5.74, 6) is 1.07. The van der Waals surface area contributed by atoms with E-state index < -0.39 is 0 Å². The Kier molecular flexibility index (Phi) is 6.92. The van der Waals surface area contributed by atoms with Gasteiger partial charge in [-0.25, -0.2) is 0 Å². The van der Waals surface area contributed by atoms with Crippen molar-refractivity contribution in [2.45, 2.75) is 25.4 Å². The van der Waals surface area contributed by atoms with Crippen LogP contribution in [0.5, 0.6) is 0 Å². The molecule has 144 valence electrons. The van der Waals surface area contributed by atoms with Gasteiger partial charge in [0.25, 0.3) is 0 Å². The summed E-state index contributed by atoms with van der Waals surface area (Å²) in [5.41, 5.74) is 0. The quantitative estimate of drug-likeness (QED) is 0.549. The van der Waals surface area contributed by atoms with Crippen molar-refractivity contribution in [3.05, 3.63) is 0 Å². The van der Waals surface area contributed by atoms with Crippen LogP contribution >= 0.6 is 0 Å². The first kappa shape index (κ1) is 18.9. The van der Waals surface area contributed by atoms with Crippen molar-refractivity contribution in [1.29, 1.82) is 0 Å². The molecule has 0 aromatic carbocycles. The average molecular weight is 353 g/mol. The molecule has 3 saturated heterocycles. The van der Waals surface area contributed by atoms with Crippen molar-refractivity contribution in [3.63, 3.8) is 0 Å². The molecule has 3 heterocycles. The summed E-state index contributed by atoms with van der Waals surface area (Å²) in [7, 11) is 4.12. The minimum absolute atomic E-state index is 0.545. The standard InChI is InChI=1S/C18H36N6O/c1-16(22-8-6-21(3)7-9-22)14-20-18(19-2)24-5-4-17(15-24)23-10-12-25-13-11-23/h16-17H,4-15H2,1-3H3,(H,19,20). The van der Waals surface area contributed by atoms with Gasteiger partial charge in [0, 0.05) is 78.0 Å². The Hall–Kier alpha value is -0.890. The first-order chi connectivity index (χ1) is 12.2. The Labute approximate surface area is 153 Å². The lowest BCUT2D eigenvalue weighted by Gasteiger charge is -2.37. The third kappa shape index (κ3) is 5.06. The van der Waals surface area contributed by atoms with Gasteiger partial charge in [-0.1, -0.05) is 0 Å². The first-order valence-corrected chi connectivity index (χ1v) is 9.87. The third-order valence-corrected chi connectivity index (χ3v) is 5.95. The second kappa shape index (κ2) is 9.16. The molecule has 0 aliphatic carbocycles. The predicted molar refractivity (Wildman–Crippen MR) is 102 cm³/mol. The van der Waals surface area contributed by atoms with Gasteiger partial charge in [0.2, 0.25) is 0 Å². The van der Waals surface area contributed by atoms with Gasteiger partial charge in [-0.15, -0.1) is 0 Å². The SMILES string of the molecule is CN=C(NCC(C)N1CCN(C)CC1)N1CCC(N2CCOCC2)C1. The molecule has 3 aliphatic heterocycles. The molecule has 7 heteroatoms. The fourth-order valence-electron chi connectivity index (χ4n) is 4.14. The summed E-state index contributed by atoms with van der Waals surface area (Å²) in [6.45, 7) is 14.1. The lowest BCUT2D eigenvalue weighted by Crippen LogP contribution is -2.53. The number of likely N-dealkylation sites (N-methyl/N-ethyl adjacent to an activating group) is 1. The van der Waals surface area contributed by atoms with Gasteiger partial charge in [-0.2, -0.15) is 0 Å². The van der Waals surface area contributed by atoms with E-state index in [1.165, 1.54) is 32.6 Å². The van der Waals surface area contributed by atoms with Crippen molar-refractivity contribution < 1.29 is 4.74 Å². The van der Waals surface area contributed by atoms with Gasteiger partial charge in [0.15, 0.2) is 5.96 Å². The summed E-state index contributed by atoms with van der Waals surface area (Å²) in [5, 5.41) is 3.62. The minimum atomic E-state index is 0.545. The van der Waals surface area contributed by atoms with Crippen molar-refractivity contribution in [2.75, 3.05) is 86.2 Å². The van der Waals surface area contributed by atoms with Gasteiger partial charge in [0.05, 0.1) is 13.2 Å². The molecule has 0 radical (unpaired) electrons. The van der Waals surface area contributed by atoms with E-state index in [0.717, 1.165) is 51.9 Å². The number of likely N-dealkylation sites (tertiary alicyclic amines) is 1. The smallest absolute Gasteiger partial charge is 0.193 e. The Bertz CT molecular complexity index is 431. The van der Waals surface area contributed by atoms with Crippen molar-refractivity contribution in [1.82, 2.24) is 24.9 Å². The number of hydrogen-bond acceptors (Lipinski definition) is 5. The van der Waals surface area contributed by atoms with Crippen LogP contribution in [0.4, 0.5) is 0 Å². The Morgan fingerprint density at radius 3 is 2.52 bits per heavy atom. The highest BCUT2D eigenvalue weighted by Gasteiger charge is 2.30. The van der Waals surface area contributed by atoms with Crippen LogP contribution in [0.25, 0.3) is 0 Å². The van der Waals surface area contributed by atoms with E-state index in [9.17, 15) is 0 Å². The first-order valence-electron chi connectivity index (χ1n) is 9.87. The number of ether oxygens (including phenoxy) is 1. The molecule has 0 aromatic heterocycles. The number of piperazine rings is 1. The number of hydrogen-bond donors (Lipinski definition) is 1. The number of nitrogens with zero attached hydrogens (tertiary/aromatic N) is 5. The van der Waals surface area contributed by atoms with Crippen LogP contribution in [0.15, 0.2) is 4.99 Å². The normalized spacial score (nSPS) is 29.2. The van der Waals surface area contributed by atoms with E-state index in [1.807, 2.05) is 7.05 Å². The van der Waals surface area contributed by atoms with Crippen LogP contribution in [0, 0.1) is 0 Å². The molecule has 3 rings (SSSR count). The Morgan fingerprint density at radius 2 is 1.84 bits per heavy atom. The summed E-state index contributed by atoms with van der Waals surface area (Å²) >= 11 is 0. The van der Waals surface area contributed by atoms with E-state index in [-0.39, 0.29) is 0 Å². The molecule has 0 amide bonds. The number of guanidine groups is 1. The maximum atomic E-state index is 5.48. The molecule has 0 aromatic rings. The van der Waals surface area contributed by atoms with Gasteiger partial charge in [-0.05, 0) is 20.4 Å². The zero-order valence-electron chi connectivity index (χ0n) is 16.3. The number of aliphatic imine (C=N–C) groups is 1. The second-order valence-electron chi connectivity index (χ2n) is 7.65. The molecule has 0 spiro atoms. The van der Waals surface area contributed by atoms with Gasteiger partial charge in [0.1, 0.15) is 0 Å². The highest BCUT2D eigenvalue weighted by atomic mass is 16.5. The number of morpholine rings is 1. The fraction of sp³-hybridized carbons (Fsp3) is 0.944. The van der Waals surface area contributed by atoms with Gasteiger partial charge >= 0.3 is 0 Å². The van der Waals surface area contributed by atoms with Crippen LogP contribution in [0.3, 0.4) is 0 Å². The van der Waals surface area contributed by atoms with Crippen molar-refractivity contribution >= 4 is 5.96 Å².